The van der Waals surface area contributed by atoms with Crippen LogP contribution in [-0.4, -0.2) is 54.2 Å². The van der Waals surface area contributed by atoms with Crippen molar-refractivity contribution in [2.24, 2.45) is 5.92 Å². The van der Waals surface area contributed by atoms with Crippen LogP contribution in [0.25, 0.3) is 0 Å². The summed E-state index contributed by atoms with van der Waals surface area (Å²) in [6.07, 6.45) is 4.71. The third-order valence-corrected chi connectivity index (χ3v) is 5.47. The van der Waals surface area contributed by atoms with Crippen molar-refractivity contribution in [1.29, 1.82) is 0 Å². The van der Waals surface area contributed by atoms with Gasteiger partial charge in [0, 0.05) is 37.7 Å². The van der Waals surface area contributed by atoms with E-state index in [0.717, 1.165) is 55.5 Å². The average Bonchev–Trinajstić information content (AvgIpc) is 3.29. The Morgan fingerprint density at radius 2 is 2.00 bits per heavy atom. The molecule has 7 heteroatoms. The topological polar surface area (TPSA) is 84.7 Å². The third kappa shape index (κ3) is 4.44. The van der Waals surface area contributed by atoms with Crippen molar-refractivity contribution in [3.63, 3.8) is 0 Å². The molecule has 2 aliphatic rings. The Kier molecular flexibility index (Phi) is 6.29. The Hall–Kier alpha value is -1.89. The number of carbonyl (C=O) groups is 2. The van der Waals surface area contributed by atoms with Crippen molar-refractivity contribution in [1.82, 2.24) is 15.4 Å². The second kappa shape index (κ2) is 8.66. The van der Waals surface area contributed by atoms with E-state index in [-0.39, 0.29) is 23.8 Å². The fourth-order valence-electron chi connectivity index (χ4n) is 3.82. The smallest absolute Gasteiger partial charge is 0.251 e. The monoisotopic (exact) mass is 363 g/mol. The summed E-state index contributed by atoms with van der Waals surface area (Å²) in [6.45, 7) is 6.49. The molecule has 2 amide bonds. The van der Waals surface area contributed by atoms with Crippen molar-refractivity contribution < 1.29 is 18.8 Å². The minimum absolute atomic E-state index is 0.00242. The standard InChI is InChI=1S/C19H29N3O4/c1-13-16(14(2)26-21-13)5-3-9-20-18(23)15-7-10-22(11-8-15)19(24)17-6-4-12-25-17/h15,17H,3-12H2,1-2H3,(H,20,23)/t17-/m0/s1. The highest BCUT2D eigenvalue weighted by Gasteiger charge is 2.32. The molecule has 144 valence electrons. The number of aryl methyl sites for hydroxylation is 2. The van der Waals surface area contributed by atoms with Crippen molar-refractivity contribution in [2.75, 3.05) is 26.2 Å². The van der Waals surface area contributed by atoms with Gasteiger partial charge in [-0.05, 0) is 52.4 Å². The van der Waals surface area contributed by atoms with E-state index >= 15 is 0 Å². The van der Waals surface area contributed by atoms with Gasteiger partial charge in [-0.15, -0.1) is 0 Å². The summed E-state index contributed by atoms with van der Waals surface area (Å²) in [6, 6.07) is 0. The van der Waals surface area contributed by atoms with E-state index in [9.17, 15) is 9.59 Å². The van der Waals surface area contributed by atoms with Crippen LogP contribution in [0.3, 0.4) is 0 Å². The molecule has 0 saturated carbocycles. The van der Waals surface area contributed by atoms with Crippen LogP contribution in [0.4, 0.5) is 0 Å². The third-order valence-electron chi connectivity index (χ3n) is 5.47. The Morgan fingerprint density at radius 1 is 1.23 bits per heavy atom. The first-order chi connectivity index (χ1) is 12.6. The maximum Gasteiger partial charge on any atom is 0.251 e. The summed E-state index contributed by atoms with van der Waals surface area (Å²) in [7, 11) is 0. The van der Waals surface area contributed by atoms with Gasteiger partial charge < -0.3 is 19.5 Å². The zero-order valence-corrected chi connectivity index (χ0v) is 15.8. The summed E-state index contributed by atoms with van der Waals surface area (Å²) < 4.78 is 10.6. The molecule has 2 saturated heterocycles. The largest absolute Gasteiger partial charge is 0.368 e. The van der Waals surface area contributed by atoms with Crippen LogP contribution in [0.1, 0.15) is 49.1 Å². The van der Waals surface area contributed by atoms with Gasteiger partial charge in [0.05, 0.1) is 5.69 Å². The van der Waals surface area contributed by atoms with Gasteiger partial charge in [-0.2, -0.15) is 0 Å². The number of piperidine rings is 1. The fraction of sp³-hybridized carbons (Fsp3) is 0.737. The minimum Gasteiger partial charge on any atom is -0.368 e. The number of likely N-dealkylation sites (tertiary alicyclic amines) is 1. The molecule has 0 aromatic carbocycles. The van der Waals surface area contributed by atoms with Crippen LogP contribution in [0.15, 0.2) is 4.52 Å². The number of nitrogens with one attached hydrogen (secondary N) is 1. The molecule has 0 aliphatic carbocycles. The van der Waals surface area contributed by atoms with E-state index in [1.54, 1.807) is 0 Å². The van der Waals surface area contributed by atoms with Gasteiger partial charge in [0.25, 0.3) is 5.91 Å². The molecule has 0 spiro atoms. The highest BCUT2D eigenvalue weighted by atomic mass is 16.5. The van der Waals surface area contributed by atoms with Gasteiger partial charge in [-0.25, -0.2) is 0 Å². The molecule has 2 aliphatic heterocycles. The van der Waals surface area contributed by atoms with E-state index in [1.807, 2.05) is 18.7 Å². The van der Waals surface area contributed by atoms with Crippen molar-refractivity contribution in [2.45, 2.75) is 58.5 Å². The lowest BCUT2D eigenvalue weighted by Gasteiger charge is -2.32. The predicted molar refractivity (Wildman–Crippen MR) is 95.6 cm³/mol. The number of carbonyl (C=O) groups excluding carboxylic acids is 2. The number of aromatic nitrogens is 1. The Bertz CT molecular complexity index is 609. The number of ether oxygens (including phenoxy) is 1. The predicted octanol–water partition coefficient (Wildman–Crippen LogP) is 1.76. The maximum absolute atomic E-state index is 12.4. The first kappa shape index (κ1) is 18.9. The van der Waals surface area contributed by atoms with Crippen LogP contribution in [-0.2, 0) is 20.7 Å². The molecule has 2 fully saturated rings. The first-order valence-corrected chi connectivity index (χ1v) is 9.66. The highest BCUT2D eigenvalue weighted by molar-refractivity contribution is 5.82. The second-order valence-corrected chi connectivity index (χ2v) is 7.30. The van der Waals surface area contributed by atoms with Gasteiger partial charge in [-0.1, -0.05) is 5.16 Å². The van der Waals surface area contributed by atoms with Crippen molar-refractivity contribution in [3.05, 3.63) is 17.0 Å². The molecular formula is C19H29N3O4. The molecule has 3 rings (SSSR count). The zero-order valence-electron chi connectivity index (χ0n) is 15.8. The lowest BCUT2D eigenvalue weighted by Crippen LogP contribution is -2.46. The average molecular weight is 363 g/mol. The molecule has 3 heterocycles. The summed E-state index contributed by atoms with van der Waals surface area (Å²) in [4.78, 5) is 26.6. The quantitative estimate of drug-likeness (QED) is 0.779. The molecule has 1 aromatic heterocycles. The van der Waals surface area contributed by atoms with Crippen LogP contribution >= 0.6 is 0 Å². The number of hydrogen-bond donors (Lipinski definition) is 1. The van der Waals surface area contributed by atoms with E-state index in [4.69, 9.17) is 9.26 Å². The van der Waals surface area contributed by atoms with Gasteiger partial charge in [-0.3, -0.25) is 9.59 Å². The first-order valence-electron chi connectivity index (χ1n) is 9.66. The number of nitrogens with zero attached hydrogens (tertiary/aromatic N) is 2. The fourth-order valence-corrected chi connectivity index (χ4v) is 3.82. The normalized spacial score (nSPS) is 21.2. The highest BCUT2D eigenvalue weighted by Crippen LogP contribution is 2.21. The van der Waals surface area contributed by atoms with Gasteiger partial charge in [0.15, 0.2) is 0 Å². The number of rotatable bonds is 6. The van der Waals surface area contributed by atoms with Crippen molar-refractivity contribution >= 4 is 11.8 Å². The van der Waals surface area contributed by atoms with Crippen LogP contribution in [0, 0.1) is 19.8 Å². The van der Waals surface area contributed by atoms with Crippen LogP contribution < -0.4 is 5.32 Å². The minimum atomic E-state index is -0.260. The molecule has 0 bridgehead atoms. The summed E-state index contributed by atoms with van der Waals surface area (Å²) >= 11 is 0. The Balaban J connectivity index is 1.35. The lowest BCUT2D eigenvalue weighted by atomic mass is 9.95. The molecule has 1 aromatic rings. The zero-order chi connectivity index (χ0) is 18.5. The molecule has 1 N–H and O–H groups in total. The Morgan fingerprint density at radius 3 is 2.62 bits per heavy atom. The molecule has 1 atom stereocenters. The molecule has 26 heavy (non-hydrogen) atoms. The number of amides is 2. The van der Waals surface area contributed by atoms with E-state index in [0.29, 0.717) is 26.2 Å². The summed E-state index contributed by atoms with van der Waals surface area (Å²) in [5, 5.41) is 6.98. The maximum atomic E-state index is 12.4. The van der Waals surface area contributed by atoms with Crippen molar-refractivity contribution in [3.8, 4) is 0 Å². The molecule has 0 radical (unpaired) electrons. The summed E-state index contributed by atoms with van der Waals surface area (Å²) in [5.41, 5.74) is 2.07. The Labute approximate surface area is 154 Å². The van der Waals surface area contributed by atoms with E-state index in [2.05, 4.69) is 10.5 Å². The van der Waals surface area contributed by atoms with E-state index < -0.39 is 0 Å². The SMILES string of the molecule is Cc1noc(C)c1CCCNC(=O)C1CCN(C(=O)[C@@H]2CCCO2)CC1. The van der Waals surface area contributed by atoms with Gasteiger partial charge in [0.1, 0.15) is 11.9 Å². The van der Waals surface area contributed by atoms with Gasteiger partial charge in [0.2, 0.25) is 5.91 Å². The second-order valence-electron chi connectivity index (χ2n) is 7.30. The number of hydrogen-bond acceptors (Lipinski definition) is 5. The molecular weight excluding hydrogens is 334 g/mol. The van der Waals surface area contributed by atoms with Crippen LogP contribution in [0.5, 0.6) is 0 Å². The molecule has 7 nitrogen and oxygen atoms in total. The van der Waals surface area contributed by atoms with Crippen LogP contribution in [0.2, 0.25) is 0 Å². The lowest BCUT2D eigenvalue weighted by molar-refractivity contribution is -0.143. The van der Waals surface area contributed by atoms with Gasteiger partial charge >= 0.3 is 0 Å². The molecule has 0 unspecified atom stereocenters. The summed E-state index contributed by atoms with van der Waals surface area (Å²) in [5.74, 6) is 1.06. The van der Waals surface area contributed by atoms with E-state index in [1.165, 1.54) is 0 Å².